The minimum absolute atomic E-state index is 0.0370. The van der Waals surface area contributed by atoms with Crippen LogP contribution in [-0.2, 0) is 13.7 Å². The molecule has 2 atom stereocenters. The minimum atomic E-state index is -3.49. The summed E-state index contributed by atoms with van der Waals surface area (Å²) in [6.07, 6.45) is -0.0638. The van der Waals surface area contributed by atoms with E-state index < -0.39 is 15.4 Å². The SMILES string of the molecule is O=[P+](OCCP(=O)(O)c1ccccc1)c1ccc2ccccc2c1. The number of fused-ring (bicyclic) bond motifs is 1. The van der Waals surface area contributed by atoms with Gasteiger partial charge < -0.3 is 4.89 Å². The van der Waals surface area contributed by atoms with Crippen molar-refractivity contribution in [3.63, 3.8) is 0 Å². The predicted molar refractivity (Wildman–Crippen MR) is 97.9 cm³/mol. The zero-order valence-electron chi connectivity index (χ0n) is 12.9. The summed E-state index contributed by atoms with van der Waals surface area (Å²) in [6.45, 7) is -0.0370. The Morgan fingerprint density at radius 2 is 1.58 bits per heavy atom. The average Bonchev–Trinajstić information content (AvgIpc) is 2.62. The van der Waals surface area contributed by atoms with E-state index in [1.54, 1.807) is 36.4 Å². The van der Waals surface area contributed by atoms with Crippen molar-refractivity contribution < 1.29 is 18.5 Å². The standard InChI is InChI=1S/C18H16O4P2/c19-23(17-11-10-15-6-4-5-7-16(15)14-17)22-12-13-24(20,21)18-8-2-1-3-9-18/h1-11,14H,12-13H2/p+1. The maximum Gasteiger partial charge on any atom is 0.548 e. The summed E-state index contributed by atoms with van der Waals surface area (Å²) in [4.78, 5) is 10.1. The molecule has 0 aliphatic rings. The number of hydrogen-bond donors (Lipinski definition) is 1. The number of hydrogen-bond acceptors (Lipinski definition) is 3. The minimum Gasteiger partial charge on any atom is -0.341 e. The first-order chi connectivity index (χ1) is 11.6. The van der Waals surface area contributed by atoms with Crippen LogP contribution in [0.15, 0.2) is 72.8 Å². The molecule has 3 aromatic carbocycles. The van der Waals surface area contributed by atoms with Crippen LogP contribution in [0.2, 0.25) is 0 Å². The van der Waals surface area contributed by atoms with Crippen LogP contribution in [0.25, 0.3) is 10.8 Å². The van der Waals surface area contributed by atoms with E-state index in [-0.39, 0.29) is 12.8 Å². The highest BCUT2D eigenvalue weighted by atomic mass is 31.2. The smallest absolute Gasteiger partial charge is 0.341 e. The zero-order chi connectivity index (χ0) is 17.0. The van der Waals surface area contributed by atoms with E-state index in [9.17, 15) is 14.0 Å². The Morgan fingerprint density at radius 1 is 0.917 bits per heavy atom. The molecule has 0 saturated carbocycles. The number of benzene rings is 3. The zero-order valence-corrected chi connectivity index (χ0v) is 14.7. The van der Waals surface area contributed by atoms with Crippen LogP contribution in [-0.4, -0.2) is 17.7 Å². The summed E-state index contributed by atoms with van der Waals surface area (Å²) in [6, 6.07) is 21.7. The van der Waals surface area contributed by atoms with Crippen molar-refractivity contribution >= 4 is 36.8 Å². The van der Waals surface area contributed by atoms with Gasteiger partial charge in [0, 0.05) is 11.4 Å². The molecule has 2 unspecified atom stereocenters. The molecule has 0 aliphatic carbocycles. The van der Waals surface area contributed by atoms with Gasteiger partial charge >= 0.3 is 8.03 Å². The largest absolute Gasteiger partial charge is 0.548 e. The van der Waals surface area contributed by atoms with Gasteiger partial charge in [0.2, 0.25) is 12.7 Å². The van der Waals surface area contributed by atoms with Crippen molar-refractivity contribution in [3.05, 3.63) is 72.8 Å². The summed E-state index contributed by atoms with van der Waals surface area (Å²) < 4.78 is 29.9. The van der Waals surface area contributed by atoms with Crippen LogP contribution in [0.3, 0.4) is 0 Å². The fourth-order valence-corrected chi connectivity index (χ4v) is 4.63. The molecule has 4 nitrogen and oxygen atoms in total. The highest BCUT2D eigenvalue weighted by Gasteiger charge is 2.26. The molecule has 0 amide bonds. The third-order valence-electron chi connectivity index (χ3n) is 3.71. The van der Waals surface area contributed by atoms with E-state index in [1.165, 1.54) is 0 Å². The first-order valence-corrected chi connectivity index (χ1v) is 10.5. The Bertz CT molecular complexity index is 909. The van der Waals surface area contributed by atoms with Gasteiger partial charge in [0.05, 0.1) is 6.16 Å². The van der Waals surface area contributed by atoms with Crippen molar-refractivity contribution in [3.8, 4) is 0 Å². The van der Waals surface area contributed by atoms with Crippen molar-refractivity contribution in [1.82, 2.24) is 0 Å². The molecule has 0 aromatic heterocycles. The summed E-state index contributed by atoms with van der Waals surface area (Å²) in [7, 11) is -5.54. The van der Waals surface area contributed by atoms with Crippen molar-refractivity contribution in [2.24, 2.45) is 0 Å². The van der Waals surface area contributed by atoms with Crippen LogP contribution in [0, 0.1) is 0 Å². The maximum absolute atomic E-state index is 12.3. The van der Waals surface area contributed by atoms with E-state index in [2.05, 4.69) is 0 Å². The third kappa shape index (κ3) is 3.98. The first kappa shape index (κ1) is 17.0. The van der Waals surface area contributed by atoms with Gasteiger partial charge in [0.25, 0.3) is 0 Å². The molecule has 3 aromatic rings. The molecule has 3 rings (SSSR count). The lowest BCUT2D eigenvalue weighted by Gasteiger charge is -2.09. The van der Waals surface area contributed by atoms with Crippen LogP contribution < -0.4 is 10.6 Å². The Balaban J connectivity index is 1.63. The molecule has 0 aliphatic heterocycles. The lowest BCUT2D eigenvalue weighted by atomic mass is 10.1. The van der Waals surface area contributed by atoms with Gasteiger partial charge in [-0.1, -0.05) is 42.5 Å². The maximum atomic E-state index is 12.3. The molecule has 0 fully saturated rings. The van der Waals surface area contributed by atoms with Gasteiger partial charge in [-0.2, -0.15) is 0 Å². The molecule has 122 valence electrons. The van der Waals surface area contributed by atoms with Gasteiger partial charge in [0.1, 0.15) is 6.61 Å². The quantitative estimate of drug-likeness (QED) is 0.680. The lowest BCUT2D eigenvalue weighted by Crippen LogP contribution is -2.10. The Labute approximate surface area is 141 Å². The molecule has 6 heteroatoms. The van der Waals surface area contributed by atoms with E-state index >= 15 is 0 Å². The fraction of sp³-hybridized carbons (Fsp3) is 0.111. The van der Waals surface area contributed by atoms with E-state index in [4.69, 9.17) is 4.52 Å². The molecule has 0 heterocycles. The van der Waals surface area contributed by atoms with Crippen LogP contribution in [0.4, 0.5) is 0 Å². The second-order valence-corrected chi connectivity index (χ2v) is 9.04. The first-order valence-electron chi connectivity index (χ1n) is 7.53. The molecule has 1 N–H and O–H groups in total. The summed E-state index contributed by atoms with van der Waals surface area (Å²) in [5.41, 5.74) is 0. The van der Waals surface area contributed by atoms with Gasteiger partial charge in [-0.15, -0.1) is 4.52 Å². The van der Waals surface area contributed by atoms with Gasteiger partial charge in [0.15, 0.2) is 0 Å². The lowest BCUT2D eigenvalue weighted by molar-refractivity contribution is 0.352. The number of rotatable bonds is 6. The van der Waals surface area contributed by atoms with Gasteiger partial charge in [-0.25, -0.2) is 0 Å². The second-order valence-electron chi connectivity index (χ2n) is 5.38. The van der Waals surface area contributed by atoms with Crippen LogP contribution >= 0.6 is 15.4 Å². The Kier molecular flexibility index (Phi) is 5.23. The summed E-state index contributed by atoms with van der Waals surface area (Å²) in [5.74, 6) is 0. The van der Waals surface area contributed by atoms with Crippen molar-refractivity contribution in [2.45, 2.75) is 0 Å². The van der Waals surface area contributed by atoms with Gasteiger partial charge in [-0.05, 0) is 39.6 Å². The average molecular weight is 359 g/mol. The van der Waals surface area contributed by atoms with Crippen molar-refractivity contribution in [2.75, 3.05) is 12.8 Å². The summed E-state index contributed by atoms with van der Waals surface area (Å²) in [5, 5.41) is 3.01. The Hall–Kier alpha value is -1.83. The monoisotopic (exact) mass is 359 g/mol. The third-order valence-corrected chi connectivity index (χ3v) is 6.72. The van der Waals surface area contributed by atoms with E-state index in [0.29, 0.717) is 10.6 Å². The molecule has 0 saturated heterocycles. The predicted octanol–water partition coefficient (Wildman–Crippen LogP) is 3.82. The molecular weight excluding hydrogens is 342 g/mol. The second kappa shape index (κ2) is 7.38. The topological polar surface area (TPSA) is 63.6 Å². The molecule has 0 bridgehead atoms. The van der Waals surface area contributed by atoms with Crippen molar-refractivity contribution in [1.29, 1.82) is 0 Å². The Morgan fingerprint density at radius 3 is 2.33 bits per heavy atom. The molecule has 0 spiro atoms. The van der Waals surface area contributed by atoms with E-state index in [1.807, 2.05) is 36.4 Å². The van der Waals surface area contributed by atoms with E-state index in [0.717, 1.165) is 10.8 Å². The van der Waals surface area contributed by atoms with Gasteiger partial charge in [-0.3, -0.25) is 4.57 Å². The highest BCUT2D eigenvalue weighted by Crippen LogP contribution is 2.39. The normalized spacial score (nSPS) is 14.3. The summed E-state index contributed by atoms with van der Waals surface area (Å²) >= 11 is 0. The van der Waals surface area contributed by atoms with Crippen LogP contribution in [0.1, 0.15) is 0 Å². The molecule has 0 radical (unpaired) electrons. The molecule has 24 heavy (non-hydrogen) atoms. The highest BCUT2D eigenvalue weighted by molar-refractivity contribution is 7.66. The van der Waals surface area contributed by atoms with Crippen LogP contribution in [0.5, 0.6) is 0 Å². The molecular formula is C18H17O4P2+. The fourth-order valence-electron chi connectivity index (χ4n) is 2.40.